The van der Waals surface area contributed by atoms with Gasteiger partial charge in [-0.15, -0.1) is 0 Å². The van der Waals surface area contributed by atoms with E-state index in [-0.39, 0.29) is 48.3 Å². The fourth-order valence-corrected chi connectivity index (χ4v) is 4.90. The molecule has 0 aliphatic carbocycles. The summed E-state index contributed by atoms with van der Waals surface area (Å²) >= 11 is 0. The van der Waals surface area contributed by atoms with Gasteiger partial charge in [0, 0.05) is 39.5 Å². The number of hydrogen-bond acceptors (Lipinski definition) is 7. The van der Waals surface area contributed by atoms with Crippen molar-refractivity contribution in [1.82, 2.24) is 20.4 Å². The molecular formula is C26H38N4O7. The van der Waals surface area contributed by atoms with Gasteiger partial charge in [-0.05, 0) is 64.0 Å². The van der Waals surface area contributed by atoms with Crippen LogP contribution in [0.25, 0.3) is 0 Å². The van der Waals surface area contributed by atoms with Crippen LogP contribution in [0.4, 0.5) is 0 Å². The average molecular weight is 519 g/mol. The first kappa shape index (κ1) is 28.2. The smallest absolute Gasteiger partial charge is 0.306 e. The van der Waals surface area contributed by atoms with Crippen LogP contribution >= 0.6 is 0 Å². The maximum atomic E-state index is 13.3. The van der Waals surface area contributed by atoms with Crippen molar-refractivity contribution in [3.05, 3.63) is 24.2 Å². The van der Waals surface area contributed by atoms with Crippen molar-refractivity contribution in [2.24, 2.45) is 5.41 Å². The lowest BCUT2D eigenvalue weighted by atomic mass is 9.77. The van der Waals surface area contributed by atoms with E-state index in [2.05, 4.69) is 10.6 Å². The van der Waals surface area contributed by atoms with Gasteiger partial charge in [0.1, 0.15) is 11.6 Å². The van der Waals surface area contributed by atoms with E-state index in [9.17, 15) is 24.0 Å². The van der Waals surface area contributed by atoms with Crippen LogP contribution in [-0.4, -0.2) is 83.8 Å². The first-order valence-electron chi connectivity index (χ1n) is 12.7. The van der Waals surface area contributed by atoms with E-state index in [4.69, 9.17) is 9.15 Å². The van der Waals surface area contributed by atoms with Gasteiger partial charge >= 0.3 is 5.97 Å². The summed E-state index contributed by atoms with van der Waals surface area (Å²) in [5.41, 5.74) is -0.705. The van der Waals surface area contributed by atoms with Gasteiger partial charge in [-0.25, -0.2) is 0 Å². The number of carbonyl (C=O) groups is 5. The highest BCUT2D eigenvalue weighted by atomic mass is 16.6. The van der Waals surface area contributed by atoms with E-state index in [0.717, 1.165) is 19.3 Å². The van der Waals surface area contributed by atoms with Crippen molar-refractivity contribution >= 4 is 29.6 Å². The molecule has 0 unspecified atom stereocenters. The molecule has 1 aromatic rings. The maximum absolute atomic E-state index is 13.3. The molecule has 2 saturated heterocycles. The first-order valence-corrected chi connectivity index (χ1v) is 12.7. The Morgan fingerprint density at radius 2 is 1.73 bits per heavy atom. The molecule has 11 nitrogen and oxygen atoms in total. The van der Waals surface area contributed by atoms with Gasteiger partial charge in [0.05, 0.1) is 12.8 Å². The topological polar surface area (TPSA) is 138 Å². The van der Waals surface area contributed by atoms with Crippen molar-refractivity contribution in [3.8, 4) is 0 Å². The Labute approximate surface area is 217 Å². The number of rotatable bonds is 8. The predicted octanol–water partition coefficient (Wildman–Crippen LogP) is 1.48. The third kappa shape index (κ3) is 8.06. The zero-order chi connectivity index (χ0) is 27.2. The quantitative estimate of drug-likeness (QED) is 0.497. The summed E-state index contributed by atoms with van der Waals surface area (Å²) in [4.78, 5) is 65.2. The van der Waals surface area contributed by atoms with E-state index in [1.165, 1.54) is 19.3 Å². The van der Waals surface area contributed by atoms with E-state index in [1.807, 2.05) is 0 Å². The maximum Gasteiger partial charge on any atom is 0.306 e. The predicted molar refractivity (Wildman–Crippen MR) is 133 cm³/mol. The zero-order valence-electron chi connectivity index (χ0n) is 22.1. The molecule has 1 spiro atoms. The number of amides is 4. The molecule has 2 fully saturated rings. The summed E-state index contributed by atoms with van der Waals surface area (Å²) in [5, 5.41) is 5.27. The molecule has 3 rings (SSSR count). The van der Waals surface area contributed by atoms with E-state index in [1.54, 1.807) is 36.6 Å². The first-order chi connectivity index (χ1) is 17.4. The van der Waals surface area contributed by atoms with Crippen LogP contribution in [0.5, 0.6) is 0 Å². The van der Waals surface area contributed by atoms with Crippen molar-refractivity contribution in [3.63, 3.8) is 0 Å². The molecule has 2 N–H and O–H groups in total. The lowest BCUT2D eigenvalue weighted by molar-refractivity contribution is -0.155. The third-order valence-electron chi connectivity index (χ3n) is 6.80. The van der Waals surface area contributed by atoms with Crippen molar-refractivity contribution in [2.45, 2.75) is 71.4 Å². The van der Waals surface area contributed by atoms with Crippen LogP contribution in [0.3, 0.4) is 0 Å². The number of nitrogens with one attached hydrogen (secondary N) is 2. The van der Waals surface area contributed by atoms with E-state index < -0.39 is 23.5 Å². The standard InChI is InChI=1S/C26H38N4O7/c1-18(31)28-19(7-8-22(33)37-25(2,3)4)24(35)30-14-11-26(17-30)9-12-29(13-10-26)21(32)16-27-23(34)20-6-5-15-36-20/h5-6,15,19H,7-14,16-17H2,1-4H3,(H,27,34)(H,28,31)/t19-/m0/s1. The van der Waals surface area contributed by atoms with Crippen molar-refractivity contribution in [2.75, 3.05) is 32.7 Å². The van der Waals surface area contributed by atoms with E-state index >= 15 is 0 Å². The lowest BCUT2D eigenvalue weighted by Crippen LogP contribution is -2.50. The minimum absolute atomic E-state index is 0.0282. The van der Waals surface area contributed by atoms with Gasteiger partial charge in [-0.1, -0.05) is 0 Å². The monoisotopic (exact) mass is 518 g/mol. The van der Waals surface area contributed by atoms with E-state index in [0.29, 0.717) is 26.2 Å². The number of likely N-dealkylation sites (tertiary alicyclic amines) is 2. The lowest BCUT2D eigenvalue weighted by Gasteiger charge is -2.39. The SMILES string of the molecule is CC(=O)N[C@@H](CCC(=O)OC(C)(C)C)C(=O)N1CCC2(CCN(C(=O)CNC(=O)c3ccco3)CC2)C1. The van der Waals surface area contributed by atoms with Gasteiger partial charge in [0.15, 0.2) is 5.76 Å². The second-order valence-electron chi connectivity index (χ2n) is 10.9. The molecular weight excluding hydrogens is 480 g/mol. The van der Waals surface area contributed by atoms with Crippen LogP contribution in [-0.2, 0) is 23.9 Å². The van der Waals surface area contributed by atoms with Gasteiger partial charge in [-0.2, -0.15) is 0 Å². The number of ether oxygens (including phenoxy) is 1. The highest BCUT2D eigenvalue weighted by Gasteiger charge is 2.44. The molecule has 3 heterocycles. The van der Waals surface area contributed by atoms with Crippen LogP contribution in [0, 0.1) is 5.41 Å². The van der Waals surface area contributed by atoms with Gasteiger partial charge in [-0.3, -0.25) is 24.0 Å². The Morgan fingerprint density at radius 3 is 2.30 bits per heavy atom. The molecule has 2 aliphatic heterocycles. The van der Waals surface area contributed by atoms with Crippen LogP contribution in [0.1, 0.15) is 70.4 Å². The average Bonchev–Trinajstić information content (AvgIpc) is 3.50. The van der Waals surface area contributed by atoms with Crippen molar-refractivity contribution in [1.29, 1.82) is 0 Å². The highest BCUT2D eigenvalue weighted by Crippen LogP contribution is 2.40. The largest absolute Gasteiger partial charge is 0.460 e. The Kier molecular flexibility index (Phi) is 8.98. The zero-order valence-corrected chi connectivity index (χ0v) is 22.1. The Morgan fingerprint density at radius 1 is 1.08 bits per heavy atom. The molecule has 0 aromatic carbocycles. The molecule has 204 valence electrons. The molecule has 1 atom stereocenters. The Balaban J connectivity index is 1.49. The fraction of sp³-hybridized carbons (Fsp3) is 0.654. The summed E-state index contributed by atoms with van der Waals surface area (Å²) in [6, 6.07) is 2.35. The minimum atomic E-state index is -0.792. The second-order valence-corrected chi connectivity index (χ2v) is 10.9. The van der Waals surface area contributed by atoms with Crippen LogP contribution < -0.4 is 10.6 Å². The third-order valence-corrected chi connectivity index (χ3v) is 6.80. The van der Waals surface area contributed by atoms with Crippen LogP contribution in [0.15, 0.2) is 22.8 Å². The van der Waals surface area contributed by atoms with Gasteiger partial charge in [0.2, 0.25) is 17.7 Å². The molecule has 0 bridgehead atoms. The summed E-state index contributed by atoms with van der Waals surface area (Å²) < 4.78 is 10.4. The molecule has 37 heavy (non-hydrogen) atoms. The number of furan rings is 1. The number of carbonyl (C=O) groups excluding carboxylic acids is 5. The molecule has 2 aliphatic rings. The molecule has 0 radical (unpaired) electrons. The molecule has 11 heteroatoms. The number of nitrogens with zero attached hydrogens (tertiary/aromatic N) is 2. The Hall–Kier alpha value is -3.37. The Bertz CT molecular complexity index is 991. The van der Waals surface area contributed by atoms with Crippen molar-refractivity contribution < 1.29 is 33.1 Å². The summed E-state index contributed by atoms with van der Waals surface area (Å²) in [6.45, 7) is 8.79. The van der Waals surface area contributed by atoms with Gasteiger partial charge < -0.3 is 29.6 Å². The summed E-state index contributed by atoms with van der Waals surface area (Å²) in [6.07, 6.45) is 3.91. The summed E-state index contributed by atoms with van der Waals surface area (Å²) in [7, 11) is 0. The fourth-order valence-electron chi connectivity index (χ4n) is 4.90. The number of esters is 1. The van der Waals surface area contributed by atoms with Crippen LogP contribution in [0.2, 0.25) is 0 Å². The minimum Gasteiger partial charge on any atom is -0.460 e. The number of piperidine rings is 1. The highest BCUT2D eigenvalue weighted by molar-refractivity contribution is 5.94. The molecule has 4 amide bonds. The molecule has 0 saturated carbocycles. The normalized spacial score (nSPS) is 17.8. The number of hydrogen-bond donors (Lipinski definition) is 2. The summed E-state index contributed by atoms with van der Waals surface area (Å²) in [5.74, 6) is -1.38. The van der Waals surface area contributed by atoms with Gasteiger partial charge in [0.25, 0.3) is 5.91 Å². The molecule has 1 aromatic heterocycles. The second kappa shape index (κ2) is 11.8.